The summed E-state index contributed by atoms with van der Waals surface area (Å²) in [4.78, 5) is 24.5. The lowest BCUT2D eigenvalue weighted by molar-refractivity contribution is -0.384. The quantitative estimate of drug-likeness (QED) is 0.414. The van der Waals surface area contributed by atoms with Crippen LogP contribution in [-0.2, 0) is 11.2 Å². The number of hydrogen-bond acceptors (Lipinski definition) is 4. The van der Waals surface area contributed by atoms with Gasteiger partial charge in [-0.1, -0.05) is 11.6 Å². The van der Waals surface area contributed by atoms with Crippen LogP contribution in [0.5, 0.6) is 0 Å². The second-order valence-electron chi connectivity index (χ2n) is 10.5. The molecule has 29 heavy (non-hydrogen) atoms. The van der Waals surface area contributed by atoms with Crippen LogP contribution in [-0.4, -0.2) is 16.2 Å². The molecule has 0 atom stereocenters. The van der Waals surface area contributed by atoms with Gasteiger partial charge in [-0.05, 0) is 88.2 Å². The Kier molecular flexibility index (Phi) is 4.16. The number of fused-ring (bicyclic) bond motifs is 1. The van der Waals surface area contributed by atoms with Crippen LogP contribution in [0, 0.1) is 33.3 Å². The number of nitrogens with zero attached hydrogens (tertiary/aromatic N) is 1. The van der Waals surface area contributed by atoms with Crippen molar-refractivity contribution < 1.29 is 9.72 Å². The average Bonchev–Trinajstić information content (AvgIpc) is 2.58. The number of benzene rings is 1. The summed E-state index contributed by atoms with van der Waals surface area (Å²) in [6, 6.07) is 3.22. The minimum absolute atomic E-state index is 0.111. The van der Waals surface area contributed by atoms with E-state index in [4.69, 9.17) is 11.6 Å². The summed E-state index contributed by atoms with van der Waals surface area (Å²) in [6.07, 6.45) is 9.37. The molecule has 5 nitrogen and oxygen atoms in total. The van der Waals surface area contributed by atoms with E-state index in [9.17, 15) is 14.9 Å². The number of nitro benzene ring substituents is 1. The van der Waals surface area contributed by atoms with Gasteiger partial charge in [-0.15, -0.1) is 0 Å². The van der Waals surface area contributed by atoms with Gasteiger partial charge in [-0.25, -0.2) is 0 Å². The van der Waals surface area contributed by atoms with E-state index in [2.05, 4.69) is 19.2 Å². The fraction of sp³-hybridized carbons (Fsp3) is 0.609. The summed E-state index contributed by atoms with van der Waals surface area (Å²) >= 11 is 6.17. The second kappa shape index (κ2) is 6.31. The topological polar surface area (TPSA) is 72.2 Å². The van der Waals surface area contributed by atoms with E-state index in [1.165, 1.54) is 25.3 Å². The monoisotopic (exact) mass is 414 g/mol. The second-order valence-corrected chi connectivity index (χ2v) is 10.9. The Morgan fingerprint density at radius 2 is 1.76 bits per heavy atom. The molecule has 154 valence electrons. The number of carbonyl (C=O) groups is 1. The molecule has 0 aromatic heterocycles. The van der Waals surface area contributed by atoms with E-state index in [1.807, 2.05) is 0 Å². The van der Waals surface area contributed by atoms with Crippen LogP contribution in [0.2, 0.25) is 5.02 Å². The fourth-order valence-corrected chi connectivity index (χ4v) is 7.16. The molecular weight excluding hydrogens is 388 g/mol. The third-order valence-corrected chi connectivity index (χ3v) is 7.90. The van der Waals surface area contributed by atoms with Gasteiger partial charge in [-0.2, -0.15) is 0 Å². The van der Waals surface area contributed by atoms with E-state index in [0.29, 0.717) is 29.9 Å². The van der Waals surface area contributed by atoms with Gasteiger partial charge in [0.25, 0.3) is 5.69 Å². The Balaban J connectivity index is 1.55. The van der Waals surface area contributed by atoms with Crippen molar-refractivity contribution in [2.45, 2.75) is 64.3 Å². The van der Waals surface area contributed by atoms with E-state index in [1.54, 1.807) is 12.1 Å². The average molecular weight is 415 g/mol. The highest BCUT2D eigenvalue weighted by molar-refractivity contribution is 6.32. The summed E-state index contributed by atoms with van der Waals surface area (Å²) in [6.45, 7) is 4.16. The van der Waals surface area contributed by atoms with Crippen molar-refractivity contribution >= 4 is 28.8 Å². The van der Waals surface area contributed by atoms with Gasteiger partial charge < -0.3 is 5.32 Å². The number of nitro groups is 1. The summed E-state index contributed by atoms with van der Waals surface area (Å²) < 4.78 is 0. The molecular formula is C23H27ClN2O3. The molecule has 4 bridgehead atoms. The molecule has 1 aliphatic heterocycles. The lowest BCUT2D eigenvalue weighted by Gasteiger charge is -2.55. The first-order valence-corrected chi connectivity index (χ1v) is 11.0. The van der Waals surface area contributed by atoms with Crippen LogP contribution in [0.1, 0.15) is 63.5 Å². The van der Waals surface area contributed by atoms with Crippen molar-refractivity contribution in [2.75, 3.05) is 0 Å². The van der Waals surface area contributed by atoms with Gasteiger partial charge in [0.2, 0.25) is 0 Å². The number of hydrogen-bond donors (Lipinski definition) is 1. The molecule has 6 heteroatoms. The number of rotatable bonds is 3. The third kappa shape index (κ3) is 3.18. The highest BCUT2D eigenvalue weighted by Gasteiger charge is 2.54. The molecule has 4 fully saturated rings. The Hall–Kier alpha value is -1.88. The number of halogens is 1. The van der Waals surface area contributed by atoms with Crippen molar-refractivity contribution in [1.29, 1.82) is 0 Å². The maximum atomic E-state index is 13.6. The van der Waals surface area contributed by atoms with Crippen molar-refractivity contribution in [3.8, 4) is 0 Å². The molecule has 0 unspecified atom stereocenters. The molecule has 6 rings (SSSR count). The highest BCUT2D eigenvalue weighted by atomic mass is 35.5. The Labute approximate surface area is 176 Å². The van der Waals surface area contributed by atoms with Crippen LogP contribution in [0.3, 0.4) is 0 Å². The highest BCUT2D eigenvalue weighted by Crippen LogP contribution is 2.60. The minimum atomic E-state index is -0.457. The molecule has 4 aliphatic carbocycles. The van der Waals surface area contributed by atoms with E-state index in [-0.39, 0.29) is 27.4 Å². The Bertz CT molecular complexity index is 914. The minimum Gasteiger partial charge on any atom is -0.379 e. The summed E-state index contributed by atoms with van der Waals surface area (Å²) in [5, 5.41) is 15.0. The molecule has 0 amide bonds. The van der Waals surface area contributed by atoms with E-state index >= 15 is 0 Å². The van der Waals surface area contributed by atoms with Gasteiger partial charge >= 0.3 is 0 Å². The first kappa shape index (κ1) is 19.1. The number of ketones is 1. The van der Waals surface area contributed by atoms with Crippen molar-refractivity contribution in [1.82, 2.24) is 5.32 Å². The van der Waals surface area contributed by atoms with Crippen LogP contribution < -0.4 is 5.32 Å². The number of carbonyl (C=O) groups excluding carboxylic acids is 1. The molecule has 5 aliphatic rings. The van der Waals surface area contributed by atoms with Crippen LogP contribution in [0.4, 0.5) is 5.69 Å². The standard InChI is InChI=1S/C23H27ClN2O3/c1-22(2)12-16-6-18(24)20(26(28)29)7-17(16)19(25-22)8-21(27)23-9-13-3-14(10-23)5-15(4-13)11-23/h6-8,13-15,25H,3-5,9-12H2,1-2H3/b19-8+. The van der Waals surface area contributed by atoms with Gasteiger partial charge in [0, 0.05) is 34.4 Å². The van der Waals surface area contributed by atoms with Crippen LogP contribution >= 0.6 is 11.6 Å². The lowest BCUT2D eigenvalue weighted by atomic mass is 9.48. The third-order valence-electron chi connectivity index (χ3n) is 7.60. The van der Waals surface area contributed by atoms with Gasteiger partial charge in [0.15, 0.2) is 5.78 Å². The number of allylic oxidation sites excluding steroid dienone is 1. The summed E-state index contributed by atoms with van der Waals surface area (Å²) in [5.41, 5.74) is 1.81. The molecule has 4 saturated carbocycles. The van der Waals surface area contributed by atoms with Crippen LogP contribution in [0.15, 0.2) is 18.2 Å². The lowest BCUT2D eigenvalue weighted by Crippen LogP contribution is -2.50. The normalized spacial score (nSPS) is 35.3. The summed E-state index contributed by atoms with van der Waals surface area (Å²) in [7, 11) is 0. The maximum Gasteiger partial charge on any atom is 0.288 e. The fourth-order valence-electron chi connectivity index (χ4n) is 6.90. The number of nitrogens with one attached hydrogen (secondary N) is 1. The van der Waals surface area contributed by atoms with Crippen molar-refractivity contribution in [3.05, 3.63) is 44.5 Å². The van der Waals surface area contributed by atoms with Crippen molar-refractivity contribution in [3.63, 3.8) is 0 Å². The predicted molar refractivity (Wildman–Crippen MR) is 113 cm³/mol. The van der Waals surface area contributed by atoms with Crippen molar-refractivity contribution in [2.24, 2.45) is 23.2 Å². The van der Waals surface area contributed by atoms with E-state index < -0.39 is 4.92 Å². The molecule has 0 saturated heterocycles. The van der Waals surface area contributed by atoms with Gasteiger partial charge in [0.05, 0.1) is 4.92 Å². The largest absolute Gasteiger partial charge is 0.379 e. The zero-order chi connectivity index (χ0) is 20.6. The molecule has 1 aromatic rings. The summed E-state index contributed by atoms with van der Waals surface area (Å²) in [5.74, 6) is 2.31. The van der Waals surface area contributed by atoms with Crippen LogP contribution in [0.25, 0.3) is 5.70 Å². The zero-order valence-corrected chi connectivity index (χ0v) is 17.7. The Morgan fingerprint density at radius 1 is 1.17 bits per heavy atom. The maximum absolute atomic E-state index is 13.6. The SMILES string of the molecule is CC1(C)Cc2cc(Cl)c([N+](=O)[O-])cc2/C(=C\C(=O)C23CC4CC(CC(C4)C2)C3)N1. The first-order chi connectivity index (χ1) is 13.6. The Morgan fingerprint density at radius 3 is 2.31 bits per heavy atom. The molecule has 1 heterocycles. The van der Waals surface area contributed by atoms with E-state index in [0.717, 1.165) is 30.4 Å². The first-order valence-electron chi connectivity index (χ1n) is 10.7. The predicted octanol–water partition coefficient (Wildman–Crippen LogP) is 5.30. The zero-order valence-electron chi connectivity index (χ0n) is 17.0. The van der Waals surface area contributed by atoms with Gasteiger partial charge in [0.1, 0.15) is 5.02 Å². The molecule has 1 aromatic carbocycles. The van der Waals surface area contributed by atoms with Gasteiger partial charge in [-0.3, -0.25) is 14.9 Å². The molecule has 0 radical (unpaired) electrons. The smallest absolute Gasteiger partial charge is 0.288 e. The molecule has 1 N–H and O–H groups in total. The molecule has 0 spiro atoms.